The van der Waals surface area contributed by atoms with Crippen LogP contribution in [0.5, 0.6) is 0 Å². The summed E-state index contributed by atoms with van der Waals surface area (Å²) in [5.74, 6) is 0.269. The van der Waals surface area contributed by atoms with E-state index in [-0.39, 0.29) is 11.9 Å². The Hall–Kier alpha value is -3.68. The minimum absolute atomic E-state index is 0.281. The van der Waals surface area contributed by atoms with Crippen LogP contribution in [0, 0.1) is 0 Å². The molecule has 2 N–H and O–H groups in total. The second kappa shape index (κ2) is 9.69. The third-order valence-electron chi connectivity index (χ3n) is 4.80. The third-order valence-corrected chi connectivity index (χ3v) is 4.80. The molecule has 2 heterocycles. The lowest BCUT2D eigenvalue weighted by Crippen LogP contribution is -2.50. The quantitative estimate of drug-likeness (QED) is 0.631. The number of carbonyl (C=O) groups excluding carboxylic acids is 2. The highest BCUT2D eigenvalue weighted by atomic mass is 16.2. The molecule has 0 aliphatic rings. The Morgan fingerprint density at radius 2 is 1.83 bits per heavy atom. The van der Waals surface area contributed by atoms with Gasteiger partial charge in [-0.3, -0.25) is 14.5 Å². The van der Waals surface area contributed by atoms with Crippen LogP contribution in [-0.2, 0) is 18.3 Å². The van der Waals surface area contributed by atoms with Crippen LogP contribution in [0.15, 0.2) is 60.9 Å². The van der Waals surface area contributed by atoms with E-state index in [9.17, 15) is 9.59 Å². The standard InChI is InChI=1S/C22H26N6O2/c1-4-24-22(30)27(2)19(14-16-8-6-5-7-9-16)21(29)25-20-15-18(26-28(20)3)17-10-12-23-13-11-17/h5-13,15,19H,4,14H2,1-3H3,(H,24,30)(H,25,29)/t19-/m0/s1. The van der Waals surface area contributed by atoms with E-state index in [0.717, 1.165) is 16.8 Å². The molecule has 8 nitrogen and oxygen atoms in total. The molecule has 156 valence electrons. The van der Waals surface area contributed by atoms with Crippen LogP contribution in [0.2, 0.25) is 0 Å². The van der Waals surface area contributed by atoms with Gasteiger partial charge in [-0.15, -0.1) is 0 Å². The van der Waals surface area contributed by atoms with Crippen molar-refractivity contribution in [3.8, 4) is 11.3 Å². The second-order valence-corrected chi connectivity index (χ2v) is 6.92. The van der Waals surface area contributed by atoms with Gasteiger partial charge in [-0.1, -0.05) is 30.3 Å². The Labute approximate surface area is 175 Å². The number of hydrogen-bond acceptors (Lipinski definition) is 4. The zero-order chi connectivity index (χ0) is 21.5. The number of carbonyl (C=O) groups is 2. The normalized spacial score (nSPS) is 11.6. The number of pyridine rings is 1. The molecule has 0 aliphatic heterocycles. The second-order valence-electron chi connectivity index (χ2n) is 6.92. The van der Waals surface area contributed by atoms with E-state index in [1.807, 2.05) is 49.4 Å². The topological polar surface area (TPSA) is 92.2 Å². The van der Waals surface area contributed by atoms with Crippen LogP contribution in [-0.4, -0.2) is 51.2 Å². The average Bonchev–Trinajstić information content (AvgIpc) is 3.13. The van der Waals surface area contributed by atoms with E-state index in [1.54, 1.807) is 37.2 Å². The summed E-state index contributed by atoms with van der Waals surface area (Å²) in [6.07, 6.45) is 3.79. The number of benzene rings is 1. The SMILES string of the molecule is CCNC(=O)N(C)[C@@H](Cc1ccccc1)C(=O)Nc1cc(-c2ccncc2)nn1C. The Balaban J connectivity index is 1.82. The van der Waals surface area contributed by atoms with Crippen molar-refractivity contribution in [1.82, 2.24) is 25.0 Å². The van der Waals surface area contributed by atoms with E-state index < -0.39 is 6.04 Å². The van der Waals surface area contributed by atoms with Crippen molar-refractivity contribution in [1.29, 1.82) is 0 Å². The van der Waals surface area contributed by atoms with Gasteiger partial charge < -0.3 is 15.5 Å². The fourth-order valence-electron chi connectivity index (χ4n) is 3.12. The largest absolute Gasteiger partial charge is 0.338 e. The maximum absolute atomic E-state index is 13.2. The van der Waals surface area contributed by atoms with Crippen molar-refractivity contribution in [2.45, 2.75) is 19.4 Å². The summed E-state index contributed by atoms with van der Waals surface area (Å²) >= 11 is 0. The predicted octanol–water partition coefficient (Wildman–Crippen LogP) is 2.69. The number of nitrogens with zero attached hydrogens (tertiary/aromatic N) is 4. The maximum atomic E-state index is 13.2. The van der Waals surface area contributed by atoms with Crippen molar-refractivity contribution >= 4 is 17.8 Å². The Morgan fingerprint density at radius 3 is 2.50 bits per heavy atom. The molecular weight excluding hydrogens is 380 g/mol. The summed E-state index contributed by atoms with van der Waals surface area (Å²) < 4.78 is 1.61. The lowest BCUT2D eigenvalue weighted by Gasteiger charge is -2.27. The first-order valence-electron chi connectivity index (χ1n) is 9.79. The zero-order valence-corrected chi connectivity index (χ0v) is 17.4. The van der Waals surface area contributed by atoms with Gasteiger partial charge in [0.1, 0.15) is 11.9 Å². The number of nitrogens with one attached hydrogen (secondary N) is 2. The summed E-state index contributed by atoms with van der Waals surface area (Å²) in [6.45, 7) is 2.33. The molecular formula is C22H26N6O2. The monoisotopic (exact) mass is 406 g/mol. The molecule has 0 saturated carbocycles. The van der Waals surface area contributed by atoms with Gasteiger partial charge in [0.25, 0.3) is 0 Å². The average molecular weight is 406 g/mol. The number of amides is 3. The Bertz CT molecular complexity index is 987. The molecule has 30 heavy (non-hydrogen) atoms. The van der Waals surface area contributed by atoms with Gasteiger partial charge in [0, 0.05) is 51.1 Å². The highest BCUT2D eigenvalue weighted by Gasteiger charge is 2.28. The first kappa shape index (κ1) is 21.0. The summed E-state index contributed by atoms with van der Waals surface area (Å²) in [4.78, 5) is 31.0. The highest BCUT2D eigenvalue weighted by Crippen LogP contribution is 2.21. The van der Waals surface area contributed by atoms with Gasteiger partial charge in [0.2, 0.25) is 5.91 Å². The van der Waals surface area contributed by atoms with Crippen molar-refractivity contribution < 1.29 is 9.59 Å². The smallest absolute Gasteiger partial charge is 0.317 e. The Kier molecular flexibility index (Phi) is 6.79. The fourth-order valence-corrected chi connectivity index (χ4v) is 3.12. The molecule has 0 fully saturated rings. The minimum atomic E-state index is -0.682. The lowest BCUT2D eigenvalue weighted by molar-refractivity contribution is -0.120. The van der Waals surface area contributed by atoms with Crippen LogP contribution < -0.4 is 10.6 Å². The van der Waals surface area contributed by atoms with E-state index in [1.165, 1.54) is 4.90 Å². The first-order valence-corrected chi connectivity index (χ1v) is 9.79. The molecule has 0 saturated heterocycles. The number of likely N-dealkylation sites (N-methyl/N-ethyl adjacent to an activating group) is 1. The summed E-state index contributed by atoms with van der Waals surface area (Å²) in [6, 6.07) is 14.2. The molecule has 0 spiro atoms. The Morgan fingerprint density at radius 1 is 1.13 bits per heavy atom. The fraction of sp³-hybridized carbons (Fsp3) is 0.273. The van der Waals surface area contributed by atoms with Crippen LogP contribution in [0.1, 0.15) is 12.5 Å². The molecule has 3 aromatic rings. The molecule has 0 bridgehead atoms. The van der Waals surface area contributed by atoms with E-state index in [4.69, 9.17) is 0 Å². The lowest BCUT2D eigenvalue weighted by atomic mass is 10.0. The van der Waals surface area contributed by atoms with E-state index in [2.05, 4.69) is 20.7 Å². The predicted molar refractivity (Wildman–Crippen MR) is 116 cm³/mol. The van der Waals surface area contributed by atoms with Gasteiger partial charge in [-0.05, 0) is 24.6 Å². The van der Waals surface area contributed by atoms with Gasteiger partial charge in [-0.2, -0.15) is 5.10 Å². The van der Waals surface area contributed by atoms with Crippen molar-refractivity contribution in [2.24, 2.45) is 7.05 Å². The molecule has 1 atom stereocenters. The van der Waals surface area contributed by atoms with Crippen LogP contribution >= 0.6 is 0 Å². The van der Waals surface area contributed by atoms with Crippen molar-refractivity contribution in [3.63, 3.8) is 0 Å². The maximum Gasteiger partial charge on any atom is 0.317 e. The molecule has 1 aromatic carbocycles. The van der Waals surface area contributed by atoms with Crippen LogP contribution in [0.4, 0.5) is 10.6 Å². The van der Waals surface area contributed by atoms with Crippen molar-refractivity contribution in [2.75, 3.05) is 18.9 Å². The molecule has 3 amide bonds. The number of urea groups is 1. The molecule has 0 unspecified atom stereocenters. The number of anilines is 1. The van der Waals surface area contributed by atoms with Gasteiger partial charge in [0.05, 0.1) is 5.69 Å². The van der Waals surface area contributed by atoms with Crippen LogP contribution in [0.3, 0.4) is 0 Å². The number of rotatable bonds is 7. The van der Waals surface area contributed by atoms with Gasteiger partial charge >= 0.3 is 6.03 Å². The summed E-state index contributed by atoms with van der Waals surface area (Å²) in [5, 5.41) is 10.1. The van der Waals surface area contributed by atoms with Gasteiger partial charge in [-0.25, -0.2) is 4.79 Å². The van der Waals surface area contributed by atoms with E-state index in [0.29, 0.717) is 18.8 Å². The highest BCUT2D eigenvalue weighted by molar-refractivity contribution is 5.97. The molecule has 8 heteroatoms. The first-order chi connectivity index (χ1) is 14.5. The van der Waals surface area contributed by atoms with Crippen molar-refractivity contribution in [3.05, 3.63) is 66.5 Å². The number of aromatic nitrogens is 3. The molecule has 3 rings (SSSR count). The van der Waals surface area contributed by atoms with Gasteiger partial charge in [0.15, 0.2) is 0 Å². The molecule has 2 aromatic heterocycles. The number of aryl methyl sites for hydroxylation is 1. The summed E-state index contributed by atoms with van der Waals surface area (Å²) in [5.41, 5.74) is 2.60. The molecule has 0 aliphatic carbocycles. The third kappa shape index (κ3) is 5.02. The van der Waals surface area contributed by atoms with Crippen LogP contribution in [0.25, 0.3) is 11.3 Å². The zero-order valence-electron chi connectivity index (χ0n) is 17.4. The summed E-state index contributed by atoms with van der Waals surface area (Å²) in [7, 11) is 3.39. The van der Waals surface area contributed by atoms with E-state index >= 15 is 0 Å². The molecule has 0 radical (unpaired) electrons. The number of hydrogen-bond donors (Lipinski definition) is 2. The minimum Gasteiger partial charge on any atom is -0.338 e.